The van der Waals surface area contributed by atoms with Gasteiger partial charge in [-0.25, -0.2) is 14.2 Å². The molecular weight excluding hydrogens is 571 g/mol. The Bertz CT molecular complexity index is 1400. The highest BCUT2D eigenvalue weighted by Crippen LogP contribution is 2.45. The molecule has 0 saturated carbocycles. The Hall–Kier alpha value is -3.48. The molecular formula is C27H28BrFN6O4. The monoisotopic (exact) mass is 598 g/mol. The number of carbonyl (C=O) groups is 1. The number of nitrogens with one attached hydrogen (secondary N) is 1. The summed E-state index contributed by atoms with van der Waals surface area (Å²) < 4.78 is 32.8. The number of hydrogen-bond acceptors (Lipinski definition) is 8. The van der Waals surface area contributed by atoms with Crippen LogP contribution in [0.25, 0.3) is 0 Å². The summed E-state index contributed by atoms with van der Waals surface area (Å²) in [6.45, 7) is 3.51. The maximum atomic E-state index is 14.6. The van der Waals surface area contributed by atoms with Crippen LogP contribution in [0, 0.1) is 5.82 Å². The van der Waals surface area contributed by atoms with Gasteiger partial charge in [0, 0.05) is 74.6 Å². The number of amides is 2. The SMILES string of the molecule is COCCN1CCC2(CC1)Oc1ccc(Nc3ncc4c(n3)N(C)C(=O)N(c3c(F)cccc3Br)C4)cc1O2. The van der Waals surface area contributed by atoms with Crippen LogP contribution in [-0.4, -0.2) is 67.1 Å². The minimum atomic E-state index is -0.644. The molecule has 2 amide bonds. The Morgan fingerprint density at radius 3 is 2.74 bits per heavy atom. The molecule has 1 saturated heterocycles. The first-order chi connectivity index (χ1) is 18.9. The lowest BCUT2D eigenvalue weighted by Crippen LogP contribution is -2.50. The molecule has 12 heteroatoms. The standard InChI is InChI=1S/C27H28BrFN6O4/c1-33-24-17(16-35(26(33)36)23-19(28)4-3-5-20(23)29)15-30-25(32-24)31-18-6-7-21-22(14-18)39-27(38-21)8-10-34(11-9-27)12-13-37-2/h3-7,14-15H,8-13,16H2,1-2H3,(H,30,31,32). The van der Waals surface area contributed by atoms with Crippen molar-refractivity contribution in [2.75, 3.05) is 55.5 Å². The number of aromatic nitrogens is 2. The van der Waals surface area contributed by atoms with Gasteiger partial charge in [-0.05, 0) is 40.2 Å². The summed E-state index contributed by atoms with van der Waals surface area (Å²) in [5, 5.41) is 3.20. The first kappa shape index (κ1) is 25.8. The molecule has 3 aromatic rings. The van der Waals surface area contributed by atoms with Crippen LogP contribution in [0.1, 0.15) is 18.4 Å². The van der Waals surface area contributed by atoms with Crippen molar-refractivity contribution >= 4 is 45.1 Å². The van der Waals surface area contributed by atoms with Crippen LogP contribution in [0.15, 0.2) is 47.1 Å². The molecule has 39 heavy (non-hydrogen) atoms. The van der Waals surface area contributed by atoms with E-state index < -0.39 is 11.6 Å². The van der Waals surface area contributed by atoms with Crippen molar-refractivity contribution < 1.29 is 23.4 Å². The minimum Gasteiger partial charge on any atom is -0.448 e. The van der Waals surface area contributed by atoms with Gasteiger partial charge in [0.2, 0.25) is 5.95 Å². The van der Waals surface area contributed by atoms with Crippen LogP contribution < -0.4 is 24.6 Å². The number of methoxy groups -OCH3 is 1. The summed E-state index contributed by atoms with van der Waals surface area (Å²) in [5.74, 6) is 1.03. The Morgan fingerprint density at radius 2 is 1.97 bits per heavy atom. The summed E-state index contributed by atoms with van der Waals surface area (Å²) in [6.07, 6.45) is 3.18. The molecule has 1 aromatic heterocycles. The van der Waals surface area contributed by atoms with Crippen LogP contribution in [0.5, 0.6) is 11.5 Å². The zero-order valence-corrected chi connectivity index (χ0v) is 23.2. The van der Waals surface area contributed by atoms with Crippen LogP contribution in [0.3, 0.4) is 0 Å². The average Bonchev–Trinajstić information content (AvgIpc) is 3.28. The van der Waals surface area contributed by atoms with E-state index in [-0.39, 0.29) is 18.3 Å². The average molecular weight is 599 g/mol. The fourth-order valence-electron chi connectivity index (χ4n) is 5.13. The highest BCUT2D eigenvalue weighted by atomic mass is 79.9. The molecule has 0 aliphatic carbocycles. The van der Waals surface area contributed by atoms with Gasteiger partial charge in [0.25, 0.3) is 5.79 Å². The van der Waals surface area contributed by atoms with Gasteiger partial charge in [-0.2, -0.15) is 4.98 Å². The molecule has 3 aliphatic rings. The van der Waals surface area contributed by atoms with E-state index in [1.165, 1.54) is 15.9 Å². The van der Waals surface area contributed by atoms with E-state index in [2.05, 4.69) is 36.1 Å². The van der Waals surface area contributed by atoms with Gasteiger partial charge < -0.3 is 24.4 Å². The van der Waals surface area contributed by atoms with Gasteiger partial charge in [-0.3, -0.25) is 9.80 Å². The van der Waals surface area contributed by atoms with Crippen LogP contribution in [0.2, 0.25) is 0 Å². The Balaban J connectivity index is 1.16. The number of anilines is 4. The van der Waals surface area contributed by atoms with Gasteiger partial charge in [0.15, 0.2) is 11.5 Å². The fourth-order valence-corrected chi connectivity index (χ4v) is 5.69. The number of ether oxygens (including phenoxy) is 3. The van der Waals surface area contributed by atoms with Crippen molar-refractivity contribution in [1.82, 2.24) is 14.9 Å². The van der Waals surface area contributed by atoms with E-state index in [0.717, 1.165) is 38.2 Å². The zero-order chi connectivity index (χ0) is 27.1. The lowest BCUT2D eigenvalue weighted by molar-refractivity contribution is -0.119. The number of benzene rings is 2. The molecule has 10 nitrogen and oxygen atoms in total. The molecule has 0 unspecified atom stereocenters. The van der Waals surface area contributed by atoms with E-state index in [1.807, 2.05) is 18.2 Å². The lowest BCUT2D eigenvalue weighted by atomic mass is 10.0. The molecule has 0 radical (unpaired) electrons. The van der Waals surface area contributed by atoms with Gasteiger partial charge >= 0.3 is 6.03 Å². The summed E-state index contributed by atoms with van der Waals surface area (Å²) >= 11 is 3.36. The quantitative estimate of drug-likeness (QED) is 0.428. The molecule has 0 atom stereocenters. The van der Waals surface area contributed by atoms with Crippen LogP contribution >= 0.6 is 15.9 Å². The second kappa shape index (κ2) is 10.2. The summed E-state index contributed by atoms with van der Waals surface area (Å²) in [4.78, 5) is 27.3. The fraction of sp³-hybridized carbons (Fsp3) is 0.370. The maximum Gasteiger partial charge on any atom is 0.330 e. The zero-order valence-electron chi connectivity index (χ0n) is 21.6. The van der Waals surface area contributed by atoms with Crippen molar-refractivity contribution in [3.8, 4) is 11.5 Å². The molecule has 4 heterocycles. The second-order valence-electron chi connectivity index (χ2n) is 9.78. The molecule has 1 N–H and O–H groups in total. The number of nitrogens with zero attached hydrogens (tertiary/aromatic N) is 5. The number of fused-ring (bicyclic) bond motifs is 2. The molecule has 6 rings (SSSR count). The lowest BCUT2D eigenvalue weighted by Gasteiger charge is -2.37. The third-order valence-electron chi connectivity index (χ3n) is 7.23. The molecule has 1 spiro atoms. The third-order valence-corrected chi connectivity index (χ3v) is 7.87. The number of halogens is 2. The van der Waals surface area contributed by atoms with E-state index in [1.54, 1.807) is 32.5 Å². The highest BCUT2D eigenvalue weighted by molar-refractivity contribution is 9.10. The number of urea groups is 1. The summed E-state index contributed by atoms with van der Waals surface area (Å²) in [7, 11) is 3.32. The number of carbonyl (C=O) groups excluding carboxylic acids is 1. The first-order valence-electron chi connectivity index (χ1n) is 12.7. The van der Waals surface area contributed by atoms with Crippen molar-refractivity contribution in [3.05, 3.63) is 58.4 Å². The third kappa shape index (κ3) is 4.88. The van der Waals surface area contributed by atoms with E-state index in [4.69, 9.17) is 14.2 Å². The number of hydrogen-bond donors (Lipinski definition) is 1. The van der Waals surface area contributed by atoms with Gasteiger partial charge in [0.05, 0.1) is 18.8 Å². The molecule has 3 aliphatic heterocycles. The molecule has 1 fully saturated rings. The van der Waals surface area contributed by atoms with Crippen LogP contribution in [-0.2, 0) is 11.3 Å². The molecule has 0 bridgehead atoms. The summed E-state index contributed by atoms with van der Waals surface area (Å²) in [5.41, 5.74) is 1.61. The van der Waals surface area contributed by atoms with Crippen molar-refractivity contribution in [1.29, 1.82) is 0 Å². The smallest absolute Gasteiger partial charge is 0.330 e. The predicted molar refractivity (Wildman–Crippen MR) is 147 cm³/mol. The largest absolute Gasteiger partial charge is 0.448 e. The predicted octanol–water partition coefficient (Wildman–Crippen LogP) is 4.91. The van der Waals surface area contributed by atoms with Gasteiger partial charge in [-0.15, -0.1) is 0 Å². The van der Waals surface area contributed by atoms with Gasteiger partial charge in [-0.1, -0.05) is 6.07 Å². The minimum absolute atomic E-state index is 0.146. The highest BCUT2D eigenvalue weighted by Gasteiger charge is 2.44. The second-order valence-corrected chi connectivity index (χ2v) is 10.6. The van der Waals surface area contributed by atoms with Crippen molar-refractivity contribution in [2.24, 2.45) is 0 Å². The van der Waals surface area contributed by atoms with Gasteiger partial charge in [0.1, 0.15) is 11.6 Å². The van der Waals surface area contributed by atoms with E-state index in [9.17, 15) is 9.18 Å². The Kier molecular flexibility index (Phi) is 6.77. The normalized spacial score (nSPS) is 18.0. The van der Waals surface area contributed by atoms with Crippen molar-refractivity contribution in [3.63, 3.8) is 0 Å². The topological polar surface area (TPSA) is 92.3 Å². The number of para-hydroxylation sites is 1. The Morgan fingerprint density at radius 1 is 1.18 bits per heavy atom. The van der Waals surface area contributed by atoms with E-state index >= 15 is 0 Å². The van der Waals surface area contributed by atoms with E-state index in [0.29, 0.717) is 39.9 Å². The number of rotatable bonds is 6. The Labute approximate surface area is 233 Å². The number of likely N-dealkylation sites (tertiary alicyclic amines) is 1. The van der Waals surface area contributed by atoms with Crippen molar-refractivity contribution in [2.45, 2.75) is 25.2 Å². The maximum absolute atomic E-state index is 14.6. The molecule has 2 aromatic carbocycles. The molecule has 204 valence electrons. The van der Waals surface area contributed by atoms with Crippen LogP contribution in [0.4, 0.5) is 32.3 Å². The first-order valence-corrected chi connectivity index (χ1v) is 13.5. The summed E-state index contributed by atoms with van der Waals surface area (Å²) in [6, 6.07) is 9.84. The number of piperidine rings is 1.